The predicted molar refractivity (Wildman–Crippen MR) is 237 cm³/mol. The molecule has 0 aromatic heterocycles. The van der Waals surface area contributed by atoms with E-state index < -0.39 is 65.4 Å². The minimum Gasteiger partial charge on any atom is -0.504 e. The van der Waals surface area contributed by atoms with E-state index in [0.29, 0.717) is 34.8 Å². The maximum absolute atomic E-state index is 14.9. The van der Waals surface area contributed by atoms with Gasteiger partial charge in [-0.05, 0) is 85.5 Å². The molecule has 20 heteroatoms. The minimum absolute atomic E-state index is 0.00245. The first-order chi connectivity index (χ1) is 31.5. The molecule has 0 fully saturated rings. The van der Waals surface area contributed by atoms with Crippen LogP contribution in [-0.4, -0.2) is 108 Å². The Morgan fingerprint density at radius 3 is 2.18 bits per heavy atom. The number of phenols is 1. The van der Waals surface area contributed by atoms with Gasteiger partial charge in [0.25, 0.3) is 0 Å². The van der Waals surface area contributed by atoms with Crippen LogP contribution in [0.2, 0.25) is 5.02 Å². The van der Waals surface area contributed by atoms with Gasteiger partial charge in [-0.15, -0.1) is 0 Å². The summed E-state index contributed by atoms with van der Waals surface area (Å²) in [6, 6.07) is 8.48. The number of phenolic OH excluding ortho intramolecular Hbond substituents is 1. The van der Waals surface area contributed by atoms with E-state index in [-0.39, 0.29) is 64.7 Å². The number of benzene rings is 4. The molecule has 0 saturated carbocycles. The fraction of sp³-hybridized carbons (Fsp3) is 0.391. The lowest BCUT2D eigenvalue weighted by Crippen LogP contribution is -2.54. The molecular formula is C46H53ClN4O15. The Morgan fingerprint density at radius 1 is 0.773 bits per heavy atom. The van der Waals surface area contributed by atoms with E-state index in [0.717, 1.165) is 0 Å². The van der Waals surface area contributed by atoms with Gasteiger partial charge in [0.05, 0.1) is 59.3 Å². The third-order valence-electron chi connectivity index (χ3n) is 10.4. The second-order valence-corrected chi connectivity index (χ2v) is 16.4. The molecule has 8 bridgehead atoms. The van der Waals surface area contributed by atoms with E-state index in [9.17, 15) is 29.4 Å². The summed E-state index contributed by atoms with van der Waals surface area (Å²) >= 11 is 6.76. The van der Waals surface area contributed by atoms with Gasteiger partial charge in [0.1, 0.15) is 59.6 Å². The van der Waals surface area contributed by atoms with Gasteiger partial charge in [-0.25, -0.2) is 4.79 Å². The zero-order valence-corrected chi connectivity index (χ0v) is 38.3. The van der Waals surface area contributed by atoms with E-state index in [1.54, 1.807) is 45.0 Å². The lowest BCUT2D eigenvalue weighted by atomic mass is 9.89. The van der Waals surface area contributed by atoms with Gasteiger partial charge in [0.2, 0.25) is 23.5 Å². The zero-order chi connectivity index (χ0) is 47.9. The predicted octanol–water partition coefficient (Wildman–Crippen LogP) is 5.30. The van der Waals surface area contributed by atoms with Gasteiger partial charge in [-0.2, -0.15) is 0 Å². The first-order valence-electron chi connectivity index (χ1n) is 20.6. The number of fused-ring (bicyclic) bond motifs is 8. The summed E-state index contributed by atoms with van der Waals surface area (Å²) in [5, 5.41) is 34.2. The molecule has 66 heavy (non-hydrogen) atoms. The van der Waals surface area contributed by atoms with Crippen LogP contribution in [0.5, 0.6) is 40.2 Å². The van der Waals surface area contributed by atoms with E-state index in [4.69, 9.17) is 54.2 Å². The minimum atomic E-state index is -1.79. The smallest absolute Gasteiger partial charge is 0.408 e. The number of rotatable bonds is 12. The van der Waals surface area contributed by atoms with Gasteiger partial charge in [-0.1, -0.05) is 23.7 Å². The molecule has 4 aromatic rings. The number of hydrogen-bond acceptors (Lipinski definition) is 15. The molecule has 3 aliphatic heterocycles. The summed E-state index contributed by atoms with van der Waals surface area (Å²) in [5.41, 5.74) is 0.319. The van der Waals surface area contributed by atoms with Crippen LogP contribution in [-0.2, 0) is 33.3 Å². The topological polar surface area (TPSA) is 240 Å². The van der Waals surface area contributed by atoms with E-state index in [1.165, 1.54) is 71.9 Å². The molecular weight excluding hydrogens is 884 g/mol. The number of hydrogen-bond donors (Lipinski definition) is 6. The van der Waals surface area contributed by atoms with Crippen LogP contribution in [0.25, 0.3) is 11.1 Å². The van der Waals surface area contributed by atoms with E-state index >= 15 is 0 Å². The molecule has 3 aliphatic rings. The SMILES string of the molecule is COCCOCOC[C@H]1NC(=O)[C@H]2NC(=O)[C@H](NC(=O)[C@H](NC(=O)OC(C)(C)C)c3cc(O)c(OC)c(c3)Oc3ccc(cc3Cl)[C@H]2O)c2ccc(OC)c(c2)-c2c(OC)cc(OC)cc21. The molecule has 0 saturated heterocycles. The van der Waals surface area contributed by atoms with Crippen molar-refractivity contribution in [1.82, 2.24) is 21.3 Å². The largest absolute Gasteiger partial charge is 0.504 e. The number of halogens is 1. The van der Waals surface area contributed by atoms with Crippen molar-refractivity contribution >= 4 is 35.4 Å². The third-order valence-corrected chi connectivity index (χ3v) is 10.7. The monoisotopic (exact) mass is 936 g/mol. The number of carbonyl (C=O) groups excluding carboxylic acids is 4. The molecule has 3 heterocycles. The Labute approximate surface area is 385 Å². The van der Waals surface area contributed by atoms with Crippen LogP contribution in [0.3, 0.4) is 0 Å². The maximum Gasteiger partial charge on any atom is 0.408 e. The highest BCUT2D eigenvalue weighted by Crippen LogP contribution is 2.46. The number of aliphatic hydroxyl groups excluding tert-OH is 1. The van der Waals surface area contributed by atoms with E-state index in [2.05, 4.69) is 21.3 Å². The Balaban J connectivity index is 1.62. The van der Waals surface area contributed by atoms with Crippen molar-refractivity contribution in [3.63, 3.8) is 0 Å². The number of amides is 4. The third kappa shape index (κ3) is 11.1. The van der Waals surface area contributed by atoms with Gasteiger partial charge >= 0.3 is 6.09 Å². The van der Waals surface area contributed by atoms with Gasteiger partial charge in [-0.3, -0.25) is 14.4 Å². The Bertz CT molecular complexity index is 2440. The zero-order valence-electron chi connectivity index (χ0n) is 37.6. The summed E-state index contributed by atoms with van der Waals surface area (Å²) in [6.45, 7) is 5.01. The summed E-state index contributed by atoms with van der Waals surface area (Å²) in [7, 11) is 7.15. The molecule has 4 aromatic carbocycles. The number of aromatic hydroxyl groups is 1. The number of aliphatic hydroxyl groups is 1. The second kappa shape index (κ2) is 21.2. The van der Waals surface area contributed by atoms with Crippen LogP contribution in [0.15, 0.2) is 60.7 Å². The molecule has 0 unspecified atom stereocenters. The van der Waals surface area contributed by atoms with E-state index in [1.807, 2.05) is 0 Å². The van der Waals surface area contributed by atoms with Crippen molar-refractivity contribution in [3.8, 4) is 51.4 Å². The molecule has 19 nitrogen and oxygen atoms in total. The molecule has 0 aliphatic carbocycles. The highest BCUT2D eigenvalue weighted by atomic mass is 35.5. The fourth-order valence-electron chi connectivity index (χ4n) is 7.38. The molecule has 354 valence electrons. The van der Waals surface area contributed by atoms with Crippen LogP contribution in [0.1, 0.15) is 67.3 Å². The van der Waals surface area contributed by atoms with Crippen molar-refractivity contribution in [2.24, 2.45) is 0 Å². The van der Waals surface area contributed by atoms with Gasteiger partial charge in [0.15, 0.2) is 11.5 Å². The first-order valence-corrected chi connectivity index (χ1v) is 20.9. The number of methoxy groups -OCH3 is 5. The van der Waals surface area contributed by atoms with Crippen molar-refractivity contribution in [2.75, 3.05) is 62.2 Å². The fourth-order valence-corrected chi connectivity index (χ4v) is 7.60. The van der Waals surface area contributed by atoms with Crippen molar-refractivity contribution in [3.05, 3.63) is 87.9 Å². The molecule has 0 radical (unpaired) electrons. The number of ether oxygens (including phenoxy) is 9. The summed E-state index contributed by atoms with van der Waals surface area (Å²) in [5.74, 6) is -2.70. The van der Waals surface area contributed by atoms with Gasteiger partial charge in [0, 0.05) is 24.3 Å². The summed E-state index contributed by atoms with van der Waals surface area (Å²) in [4.78, 5) is 58.0. The quantitative estimate of drug-likeness (QED) is 0.0780. The molecule has 5 atom stereocenters. The second-order valence-electron chi connectivity index (χ2n) is 16.0. The van der Waals surface area contributed by atoms with Crippen LogP contribution >= 0.6 is 11.6 Å². The van der Waals surface area contributed by atoms with Crippen molar-refractivity contribution in [1.29, 1.82) is 0 Å². The number of alkyl carbamates (subject to hydrolysis) is 1. The molecule has 6 N–H and O–H groups in total. The lowest BCUT2D eigenvalue weighted by Gasteiger charge is -2.32. The summed E-state index contributed by atoms with van der Waals surface area (Å²) in [6.07, 6.45) is -2.82. The number of nitrogens with one attached hydrogen (secondary N) is 4. The summed E-state index contributed by atoms with van der Waals surface area (Å²) < 4.78 is 51.1. The molecule has 0 spiro atoms. The average Bonchev–Trinajstić information content (AvgIpc) is 3.28. The van der Waals surface area contributed by atoms with Gasteiger partial charge < -0.3 is 74.1 Å². The number of carbonyl (C=O) groups is 4. The lowest BCUT2D eigenvalue weighted by molar-refractivity contribution is -0.135. The van der Waals surface area contributed by atoms with Crippen molar-refractivity contribution < 1.29 is 72.0 Å². The normalized spacial score (nSPS) is 19.4. The maximum atomic E-state index is 14.9. The highest BCUT2D eigenvalue weighted by molar-refractivity contribution is 6.32. The molecule has 4 amide bonds. The van der Waals surface area contributed by atoms with Crippen LogP contribution in [0, 0.1) is 0 Å². The highest BCUT2D eigenvalue weighted by Gasteiger charge is 2.39. The Kier molecular flexibility index (Phi) is 15.7. The first kappa shape index (κ1) is 48.9. The Morgan fingerprint density at radius 2 is 1.52 bits per heavy atom. The molecule has 7 rings (SSSR count). The average molecular weight is 937 g/mol. The van der Waals surface area contributed by atoms with Crippen LogP contribution < -0.4 is 45.0 Å². The van der Waals surface area contributed by atoms with Crippen LogP contribution in [0.4, 0.5) is 4.79 Å². The Hall–Kier alpha value is -6.51. The standard InChI is InChI=1S/C46H53ClN4O15/c1-46(2,3)66-45(57)51-38-25-17-31(52)41(62-8)35(18-25)65-33-12-10-24(16-29(33)47)40(53)39-44(56)48-30(21-64-22-63-14-13-58-4)27-19-26(59-5)20-34(61-7)36(27)28-15-23(9-11-32(28)60-6)37(42(54)50-39)49-43(38)55/h9-12,15-20,30,37-40,52-53H,13-14,21-22H2,1-8H3,(H,48,56)(H,49,55)(H,50,54)(H,51,57)/t30-,37-,38-,39+,40-/m1/s1. The van der Waals surface area contributed by atoms with Crippen molar-refractivity contribution in [2.45, 2.75) is 56.6 Å².